The van der Waals surface area contributed by atoms with Gasteiger partial charge in [0.15, 0.2) is 5.82 Å². The maximum absolute atomic E-state index is 13.9. The molecule has 3 aromatic heterocycles. The van der Waals surface area contributed by atoms with Gasteiger partial charge in [-0.05, 0) is 36.6 Å². The van der Waals surface area contributed by atoms with Gasteiger partial charge in [0.2, 0.25) is 5.88 Å². The standard InChI is InChI=1S/C24H23ClFN5O3/c1-12(2)20-16(23(32)28-13(3)15-6-8-19(34-4)27-10-15)11-31-21(20)24(33)29-22(30-31)14-5-7-17(25)18(26)9-14/h5-13H,1-4H3,(H,28,32)(H,29,30,33). The predicted molar refractivity (Wildman–Crippen MR) is 127 cm³/mol. The number of rotatable bonds is 6. The Balaban J connectivity index is 1.73. The van der Waals surface area contributed by atoms with E-state index >= 15 is 0 Å². The number of nitrogens with one attached hydrogen (secondary N) is 2. The fourth-order valence-corrected chi connectivity index (χ4v) is 3.89. The molecule has 1 unspecified atom stereocenters. The number of benzene rings is 1. The van der Waals surface area contributed by atoms with Crippen LogP contribution in [-0.4, -0.2) is 32.6 Å². The van der Waals surface area contributed by atoms with E-state index in [2.05, 4.69) is 20.4 Å². The van der Waals surface area contributed by atoms with Crippen LogP contribution in [0.5, 0.6) is 5.88 Å². The Kier molecular flexibility index (Phi) is 6.39. The van der Waals surface area contributed by atoms with Crippen LogP contribution in [0, 0.1) is 5.82 Å². The molecule has 0 spiro atoms. The van der Waals surface area contributed by atoms with Crippen LogP contribution in [0.15, 0.2) is 47.5 Å². The quantitative estimate of drug-likeness (QED) is 0.420. The van der Waals surface area contributed by atoms with Crippen molar-refractivity contribution in [3.63, 3.8) is 0 Å². The normalized spacial score (nSPS) is 12.2. The van der Waals surface area contributed by atoms with Gasteiger partial charge < -0.3 is 15.0 Å². The highest BCUT2D eigenvalue weighted by molar-refractivity contribution is 6.30. The molecule has 4 rings (SSSR count). The third kappa shape index (κ3) is 4.38. The van der Waals surface area contributed by atoms with Crippen LogP contribution >= 0.6 is 11.6 Å². The minimum atomic E-state index is -0.626. The lowest BCUT2D eigenvalue weighted by Crippen LogP contribution is -2.27. The molecule has 176 valence electrons. The third-order valence-corrected chi connectivity index (χ3v) is 5.82. The number of methoxy groups -OCH3 is 1. The van der Waals surface area contributed by atoms with Crippen LogP contribution in [0.3, 0.4) is 0 Å². The number of hydrogen-bond donors (Lipinski definition) is 2. The monoisotopic (exact) mass is 483 g/mol. The first-order chi connectivity index (χ1) is 16.2. The molecular weight excluding hydrogens is 461 g/mol. The molecule has 0 fully saturated rings. The van der Waals surface area contributed by atoms with Gasteiger partial charge in [-0.15, -0.1) is 5.10 Å². The maximum Gasteiger partial charge on any atom is 0.275 e. The number of aromatic nitrogens is 4. The molecule has 0 bridgehead atoms. The Hall–Kier alpha value is -3.72. The summed E-state index contributed by atoms with van der Waals surface area (Å²) in [6.45, 7) is 5.63. The second-order valence-corrected chi connectivity index (χ2v) is 8.57. The topological polar surface area (TPSA) is 101 Å². The molecule has 0 saturated heterocycles. The van der Waals surface area contributed by atoms with Crippen molar-refractivity contribution in [2.75, 3.05) is 7.11 Å². The number of carbonyl (C=O) groups excluding carboxylic acids is 1. The van der Waals surface area contributed by atoms with Gasteiger partial charge in [-0.1, -0.05) is 31.5 Å². The summed E-state index contributed by atoms with van der Waals surface area (Å²) in [6.07, 6.45) is 3.15. The summed E-state index contributed by atoms with van der Waals surface area (Å²) < 4.78 is 20.4. The minimum Gasteiger partial charge on any atom is -0.481 e. The number of H-pyrrole nitrogens is 1. The summed E-state index contributed by atoms with van der Waals surface area (Å²) in [5, 5.41) is 7.34. The van der Waals surface area contributed by atoms with Gasteiger partial charge in [0.1, 0.15) is 11.3 Å². The van der Waals surface area contributed by atoms with Crippen molar-refractivity contribution >= 4 is 23.0 Å². The Morgan fingerprint density at radius 2 is 2.00 bits per heavy atom. The van der Waals surface area contributed by atoms with E-state index in [0.717, 1.165) is 5.56 Å². The second-order valence-electron chi connectivity index (χ2n) is 8.16. The number of hydrogen-bond acceptors (Lipinski definition) is 5. The van der Waals surface area contributed by atoms with E-state index in [4.69, 9.17) is 16.3 Å². The first-order valence-electron chi connectivity index (χ1n) is 10.6. The van der Waals surface area contributed by atoms with Crippen molar-refractivity contribution in [2.24, 2.45) is 0 Å². The number of carbonyl (C=O) groups is 1. The summed E-state index contributed by atoms with van der Waals surface area (Å²) in [7, 11) is 1.53. The first kappa shape index (κ1) is 23.4. The zero-order chi connectivity index (χ0) is 24.6. The number of ether oxygens (including phenoxy) is 1. The lowest BCUT2D eigenvalue weighted by Gasteiger charge is -2.15. The van der Waals surface area contributed by atoms with E-state index in [0.29, 0.717) is 22.6 Å². The highest BCUT2D eigenvalue weighted by Crippen LogP contribution is 2.27. The molecule has 34 heavy (non-hydrogen) atoms. The third-order valence-electron chi connectivity index (χ3n) is 5.51. The van der Waals surface area contributed by atoms with E-state index in [1.165, 1.54) is 30.0 Å². The van der Waals surface area contributed by atoms with E-state index in [9.17, 15) is 14.0 Å². The fourth-order valence-electron chi connectivity index (χ4n) is 3.78. The highest BCUT2D eigenvalue weighted by Gasteiger charge is 2.24. The summed E-state index contributed by atoms with van der Waals surface area (Å²) in [6, 6.07) is 7.33. The predicted octanol–water partition coefficient (Wildman–Crippen LogP) is 4.50. The van der Waals surface area contributed by atoms with E-state index in [1.807, 2.05) is 26.8 Å². The van der Waals surface area contributed by atoms with Crippen LogP contribution in [0.25, 0.3) is 16.9 Å². The first-order valence-corrected chi connectivity index (χ1v) is 11.0. The lowest BCUT2D eigenvalue weighted by molar-refractivity contribution is 0.0938. The van der Waals surface area contributed by atoms with Gasteiger partial charge in [-0.2, -0.15) is 0 Å². The van der Waals surface area contributed by atoms with Crippen molar-refractivity contribution in [2.45, 2.75) is 32.7 Å². The number of halogens is 2. The minimum absolute atomic E-state index is 0.0321. The van der Waals surface area contributed by atoms with Gasteiger partial charge in [0.25, 0.3) is 11.5 Å². The number of nitrogens with zero attached hydrogens (tertiary/aromatic N) is 3. The molecule has 2 N–H and O–H groups in total. The largest absolute Gasteiger partial charge is 0.481 e. The fraction of sp³-hybridized carbons (Fsp3) is 0.250. The summed E-state index contributed by atoms with van der Waals surface area (Å²) >= 11 is 5.76. The average Bonchev–Trinajstić information content (AvgIpc) is 3.21. The molecule has 0 saturated carbocycles. The van der Waals surface area contributed by atoms with Crippen molar-refractivity contribution in [1.29, 1.82) is 0 Å². The van der Waals surface area contributed by atoms with E-state index in [1.54, 1.807) is 18.3 Å². The zero-order valence-corrected chi connectivity index (χ0v) is 19.8. The molecule has 0 radical (unpaired) electrons. The van der Waals surface area contributed by atoms with Gasteiger partial charge in [0.05, 0.1) is 23.7 Å². The van der Waals surface area contributed by atoms with Crippen molar-refractivity contribution in [3.05, 3.63) is 80.6 Å². The maximum atomic E-state index is 13.9. The van der Waals surface area contributed by atoms with E-state index < -0.39 is 11.4 Å². The van der Waals surface area contributed by atoms with Crippen LogP contribution in [0.1, 0.15) is 54.2 Å². The van der Waals surface area contributed by atoms with Crippen molar-refractivity contribution in [3.8, 4) is 17.3 Å². The Morgan fingerprint density at radius 3 is 2.62 bits per heavy atom. The van der Waals surface area contributed by atoms with Gasteiger partial charge in [0, 0.05) is 29.6 Å². The number of pyridine rings is 1. The Labute approximate surface area is 199 Å². The highest BCUT2D eigenvalue weighted by atomic mass is 35.5. The molecule has 1 aromatic carbocycles. The second kappa shape index (κ2) is 9.26. The number of amides is 1. The molecule has 1 atom stereocenters. The number of fused-ring (bicyclic) bond motifs is 1. The van der Waals surface area contributed by atoms with E-state index in [-0.39, 0.29) is 34.2 Å². The van der Waals surface area contributed by atoms with Crippen LogP contribution in [-0.2, 0) is 0 Å². The average molecular weight is 484 g/mol. The van der Waals surface area contributed by atoms with Gasteiger partial charge >= 0.3 is 0 Å². The summed E-state index contributed by atoms with van der Waals surface area (Å²) in [4.78, 5) is 33.1. The molecule has 10 heteroatoms. The van der Waals surface area contributed by atoms with Crippen molar-refractivity contribution in [1.82, 2.24) is 24.9 Å². The molecule has 0 aliphatic heterocycles. The summed E-state index contributed by atoms with van der Waals surface area (Å²) in [5.74, 6) is -0.478. The van der Waals surface area contributed by atoms with Crippen LogP contribution in [0.2, 0.25) is 5.02 Å². The molecule has 0 aliphatic carbocycles. The Bertz CT molecular complexity index is 1430. The van der Waals surface area contributed by atoms with Crippen LogP contribution in [0.4, 0.5) is 4.39 Å². The van der Waals surface area contributed by atoms with Crippen LogP contribution < -0.4 is 15.6 Å². The molecule has 1 amide bonds. The zero-order valence-electron chi connectivity index (χ0n) is 19.0. The van der Waals surface area contributed by atoms with Gasteiger partial charge in [-0.3, -0.25) is 9.59 Å². The molecule has 0 aliphatic rings. The lowest BCUT2D eigenvalue weighted by atomic mass is 9.99. The SMILES string of the molecule is COc1ccc(C(C)NC(=O)c2cn3nc(-c4ccc(Cl)c(F)c4)[nH]c(=O)c3c2C(C)C)cn1. The molecular formula is C24H23ClFN5O3. The van der Waals surface area contributed by atoms with Gasteiger partial charge in [-0.25, -0.2) is 13.9 Å². The summed E-state index contributed by atoms with van der Waals surface area (Å²) in [5.41, 5.74) is 1.88. The molecule has 8 nitrogen and oxygen atoms in total. The number of aromatic amines is 1. The smallest absolute Gasteiger partial charge is 0.275 e. The molecule has 3 heterocycles. The van der Waals surface area contributed by atoms with Crippen molar-refractivity contribution < 1.29 is 13.9 Å². The Morgan fingerprint density at radius 1 is 1.24 bits per heavy atom. The molecule has 4 aromatic rings.